The fourth-order valence-corrected chi connectivity index (χ4v) is 2.60. The number of amides is 2. The Kier molecular flexibility index (Phi) is 5.20. The Morgan fingerprint density at radius 2 is 2.10 bits per heavy atom. The number of rotatable bonds is 6. The zero-order chi connectivity index (χ0) is 15.2. The molecule has 0 bridgehead atoms. The third-order valence-electron chi connectivity index (χ3n) is 3.85. The fraction of sp³-hybridized carbons (Fsp3) is 0.500. The van der Waals surface area contributed by atoms with E-state index in [1.807, 2.05) is 37.3 Å². The summed E-state index contributed by atoms with van der Waals surface area (Å²) >= 11 is 0. The van der Waals surface area contributed by atoms with Gasteiger partial charge in [-0.25, -0.2) is 0 Å². The number of primary amides is 1. The van der Waals surface area contributed by atoms with E-state index in [1.54, 1.807) is 4.90 Å². The van der Waals surface area contributed by atoms with Crippen molar-refractivity contribution in [1.82, 2.24) is 4.90 Å². The largest absolute Gasteiger partial charge is 0.494 e. The minimum Gasteiger partial charge on any atom is -0.494 e. The van der Waals surface area contributed by atoms with Crippen LogP contribution in [-0.2, 0) is 9.59 Å². The maximum atomic E-state index is 12.4. The average Bonchev–Trinajstić information content (AvgIpc) is 2.97. The van der Waals surface area contributed by atoms with Gasteiger partial charge in [-0.2, -0.15) is 0 Å². The van der Waals surface area contributed by atoms with E-state index >= 15 is 0 Å². The molecule has 0 saturated carbocycles. The number of likely N-dealkylation sites (tertiary alicyclic amines) is 1. The van der Waals surface area contributed by atoms with Crippen molar-refractivity contribution in [3.63, 3.8) is 0 Å². The Bertz CT molecular complexity index is 490. The third kappa shape index (κ3) is 3.97. The van der Waals surface area contributed by atoms with Gasteiger partial charge >= 0.3 is 0 Å². The standard InChI is InChI=1S/C16H22N2O3/c1-12(9-11-21-13-6-3-2-4-7-13)16(20)18-10-5-8-14(18)15(17)19/h2-4,6-7,12,14H,5,8-11H2,1H3,(H2,17,19)/t12-,14-/m1/s1. The first-order valence-electron chi connectivity index (χ1n) is 7.37. The molecule has 5 heteroatoms. The summed E-state index contributed by atoms with van der Waals surface area (Å²) in [4.78, 5) is 25.3. The van der Waals surface area contributed by atoms with Crippen molar-refractivity contribution in [3.8, 4) is 5.75 Å². The molecule has 1 saturated heterocycles. The van der Waals surface area contributed by atoms with Gasteiger partial charge in [-0.15, -0.1) is 0 Å². The summed E-state index contributed by atoms with van der Waals surface area (Å²) in [5, 5.41) is 0. The fourth-order valence-electron chi connectivity index (χ4n) is 2.60. The second kappa shape index (κ2) is 7.11. The van der Waals surface area contributed by atoms with Crippen molar-refractivity contribution in [1.29, 1.82) is 0 Å². The van der Waals surface area contributed by atoms with Crippen LogP contribution in [0.3, 0.4) is 0 Å². The number of hydrogen-bond donors (Lipinski definition) is 1. The predicted octanol–water partition coefficient (Wildman–Crippen LogP) is 1.57. The molecular formula is C16H22N2O3. The van der Waals surface area contributed by atoms with Crippen LogP contribution in [0.2, 0.25) is 0 Å². The molecule has 2 N–H and O–H groups in total. The molecule has 21 heavy (non-hydrogen) atoms. The minimum atomic E-state index is -0.435. The van der Waals surface area contributed by atoms with Gasteiger partial charge in [0.25, 0.3) is 0 Å². The first-order valence-corrected chi connectivity index (χ1v) is 7.37. The van der Waals surface area contributed by atoms with Gasteiger partial charge in [-0.1, -0.05) is 25.1 Å². The highest BCUT2D eigenvalue weighted by Crippen LogP contribution is 2.21. The highest BCUT2D eigenvalue weighted by atomic mass is 16.5. The van der Waals surface area contributed by atoms with Crippen LogP contribution >= 0.6 is 0 Å². The van der Waals surface area contributed by atoms with Gasteiger partial charge in [0.15, 0.2) is 0 Å². The van der Waals surface area contributed by atoms with E-state index in [0.717, 1.165) is 12.2 Å². The van der Waals surface area contributed by atoms with Crippen molar-refractivity contribution >= 4 is 11.8 Å². The van der Waals surface area contributed by atoms with Crippen LogP contribution in [0.4, 0.5) is 0 Å². The minimum absolute atomic E-state index is 0.00652. The lowest BCUT2D eigenvalue weighted by molar-refractivity contribution is -0.140. The summed E-state index contributed by atoms with van der Waals surface area (Å²) in [5.74, 6) is 0.212. The highest BCUT2D eigenvalue weighted by molar-refractivity contribution is 5.88. The van der Waals surface area contributed by atoms with Gasteiger partial charge < -0.3 is 15.4 Å². The summed E-state index contributed by atoms with van der Waals surface area (Å²) < 4.78 is 5.60. The molecule has 2 amide bonds. The van der Waals surface area contributed by atoms with Crippen LogP contribution in [0, 0.1) is 5.92 Å². The monoisotopic (exact) mass is 290 g/mol. The summed E-state index contributed by atoms with van der Waals surface area (Å²) in [7, 11) is 0. The van der Waals surface area contributed by atoms with Crippen LogP contribution in [0.1, 0.15) is 26.2 Å². The number of nitrogens with two attached hydrogens (primary N) is 1. The van der Waals surface area contributed by atoms with Crippen molar-refractivity contribution in [3.05, 3.63) is 30.3 Å². The quantitative estimate of drug-likeness (QED) is 0.864. The van der Waals surface area contributed by atoms with Crippen molar-refractivity contribution in [2.24, 2.45) is 11.7 Å². The lowest BCUT2D eigenvalue weighted by atomic mass is 10.1. The topological polar surface area (TPSA) is 72.6 Å². The Morgan fingerprint density at radius 3 is 2.76 bits per heavy atom. The third-order valence-corrected chi connectivity index (χ3v) is 3.85. The average molecular weight is 290 g/mol. The van der Waals surface area contributed by atoms with Gasteiger partial charge in [0.1, 0.15) is 11.8 Å². The Labute approximate surface area is 125 Å². The molecule has 0 unspecified atom stereocenters. The molecule has 1 aliphatic heterocycles. The molecule has 2 atom stereocenters. The number of benzene rings is 1. The molecule has 0 aliphatic carbocycles. The molecule has 0 spiro atoms. The predicted molar refractivity (Wildman–Crippen MR) is 79.6 cm³/mol. The molecule has 114 valence electrons. The zero-order valence-corrected chi connectivity index (χ0v) is 12.3. The maximum Gasteiger partial charge on any atom is 0.240 e. The van der Waals surface area contributed by atoms with Gasteiger partial charge in [-0.05, 0) is 31.4 Å². The lowest BCUT2D eigenvalue weighted by Gasteiger charge is -2.25. The molecule has 1 heterocycles. The first kappa shape index (κ1) is 15.4. The summed E-state index contributed by atoms with van der Waals surface area (Å²) in [6.45, 7) is 2.97. The lowest BCUT2D eigenvalue weighted by Crippen LogP contribution is -2.45. The van der Waals surface area contributed by atoms with E-state index < -0.39 is 11.9 Å². The summed E-state index contributed by atoms with van der Waals surface area (Å²) in [5.41, 5.74) is 5.34. The normalized spacial score (nSPS) is 19.3. The first-order chi connectivity index (χ1) is 10.1. The smallest absolute Gasteiger partial charge is 0.240 e. The molecule has 0 aromatic heterocycles. The zero-order valence-electron chi connectivity index (χ0n) is 12.3. The van der Waals surface area contributed by atoms with Crippen LogP contribution in [0.5, 0.6) is 5.75 Å². The van der Waals surface area contributed by atoms with E-state index in [-0.39, 0.29) is 11.8 Å². The molecule has 2 rings (SSSR count). The van der Waals surface area contributed by atoms with Gasteiger partial charge in [0.05, 0.1) is 6.61 Å². The Morgan fingerprint density at radius 1 is 1.38 bits per heavy atom. The van der Waals surface area contributed by atoms with E-state index in [9.17, 15) is 9.59 Å². The number of hydrogen-bond acceptors (Lipinski definition) is 3. The number of carbonyl (C=O) groups excluding carboxylic acids is 2. The van der Waals surface area contributed by atoms with E-state index in [0.29, 0.717) is 26.0 Å². The van der Waals surface area contributed by atoms with Crippen LogP contribution in [-0.4, -0.2) is 35.9 Å². The van der Waals surface area contributed by atoms with Crippen LogP contribution in [0.15, 0.2) is 30.3 Å². The maximum absolute atomic E-state index is 12.4. The molecule has 1 fully saturated rings. The summed E-state index contributed by atoms with van der Waals surface area (Å²) in [6.07, 6.45) is 2.14. The molecule has 5 nitrogen and oxygen atoms in total. The van der Waals surface area contributed by atoms with Crippen molar-refractivity contribution in [2.75, 3.05) is 13.2 Å². The Hall–Kier alpha value is -2.04. The molecule has 1 aromatic carbocycles. The summed E-state index contributed by atoms with van der Waals surface area (Å²) in [6, 6.07) is 9.08. The van der Waals surface area contributed by atoms with Crippen molar-refractivity contribution < 1.29 is 14.3 Å². The van der Waals surface area contributed by atoms with E-state index in [2.05, 4.69) is 0 Å². The number of carbonyl (C=O) groups is 2. The van der Waals surface area contributed by atoms with Gasteiger partial charge in [-0.3, -0.25) is 9.59 Å². The number of nitrogens with zero attached hydrogens (tertiary/aromatic N) is 1. The number of ether oxygens (including phenoxy) is 1. The van der Waals surface area contributed by atoms with Gasteiger partial charge in [0, 0.05) is 12.5 Å². The second-order valence-corrected chi connectivity index (χ2v) is 5.44. The molecule has 1 aromatic rings. The SMILES string of the molecule is C[C@H](CCOc1ccccc1)C(=O)N1CCC[C@@H]1C(N)=O. The van der Waals surface area contributed by atoms with Crippen molar-refractivity contribution in [2.45, 2.75) is 32.2 Å². The van der Waals surface area contributed by atoms with E-state index in [4.69, 9.17) is 10.5 Å². The highest BCUT2D eigenvalue weighted by Gasteiger charge is 2.34. The Balaban J connectivity index is 1.81. The van der Waals surface area contributed by atoms with Crippen LogP contribution in [0.25, 0.3) is 0 Å². The van der Waals surface area contributed by atoms with E-state index in [1.165, 1.54) is 0 Å². The second-order valence-electron chi connectivity index (χ2n) is 5.44. The molecular weight excluding hydrogens is 268 g/mol. The van der Waals surface area contributed by atoms with Gasteiger partial charge in [0.2, 0.25) is 11.8 Å². The van der Waals surface area contributed by atoms with Crippen LogP contribution < -0.4 is 10.5 Å². The molecule has 1 aliphatic rings. The number of para-hydroxylation sites is 1. The molecule has 0 radical (unpaired) electrons.